The van der Waals surface area contributed by atoms with E-state index in [2.05, 4.69) is 28.9 Å². The van der Waals surface area contributed by atoms with E-state index in [4.69, 9.17) is 17.0 Å². The Hall–Kier alpha value is -2.93. The standard InChI is InChI=1S/C27H37N3O3S/c1-6-7-16-28-24(31)21-11-13-22(14-12-21)29-26(34)30-25(32)27(4,5)15-8-17-33-23-18-19(2)9-10-20(23)3/h9-14,18H,6-8,15-17H2,1-5H3,(H,28,31)(H2,29,30,32,34). The number of rotatable bonds is 11. The first-order valence-corrected chi connectivity index (χ1v) is 12.2. The summed E-state index contributed by atoms with van der Waals surface area (Å²) in [6.07, 6.45) is 3.39. The minimum atomic E-state index is -0.600. The highest BCUT2D eigenvalue weighted by Gasteiger charge is 2.27. The van der Waals surface area contributed by atoms with Crippen molar-refractivity contribution in [2.24, 2.45) is 5.41 Å². The number of aryl methyl sites for hydroxylation is 2. The average Bonchev–Trinajstić information content (AvgIpc) is 2.79. The molecule has 0 bridgehead atoms. The van der Waals surface area contributed by atoms with Gasteiger partial charge in [-0.3, -0.25) is 9.59 Å². The molecule has 2 aromatic rings. The van der Waals surface area contributed by atoms with E-state index in [9.17, 15) is 9.59 Å². The zero-order chi connectivity index (χ0) is 25.1. The van der Waals surface area contributed by atoms with Crippen LogP contribution in [0.2, 0.25) is 0 Å². The molecule has 0 fully saturated rings. The maximum absolute atomic E-state index is 12.8. The molecule has 0 radical (unpaired) electrons. The van der Waals surface area contributed by atoms with Gasteiger partial charge in [0.15, 0.2) is 5.11 Å². The van der Waals surface area contributed by atoms with Gasteiger partial charge in [-0.05, 0) is 86.8 Å². The molecule has 0 aliphatic heterocycles. The summed E-state index contributed by atoms with van der Waals surface area (Å²) in [6, 6.07) is 13.1. The largest absolute Gasteiger partial charge is 0.493 e. The Labute approximate surface area is 208 Å². The summed E-state index contributed by atoms with van der Waals surface area (Å²) in [5, 5.41) is 8.90. The Kier molecular flexibility index (Phi) is 10.5. The third-order valence-corrected chi connectivity index (χ3v) is 5.81. The Morgan fingerprint density at radius 3 is 2.41 bits per heavy atom. The smallest absolute Gasteiger partial charge is 0.251 e. The van der Waals surface area contributed by atoms with E-state index in [0.717, 1.165) is 36.1 Å². The van der Waals surface area contributed by atoms with E-state index < -0.39 is 5.41 Å². The van der Waals surface area contributed by atoms with Crippen molar-refractivity contribution in [3.63, 3.8) is 0 Å². The highest BCUT2D eigenvalue weighted by Crippen LogP contribution is 2.24. The van der Waals surface area contributed by atoms with E-state index in [1.807, 2.05) is 39.8 Å². The number of anilines is 1. The predicted octanol–water partition coefficient (Wildman–Crippen LogP) is 5.53. The van der Waals surface area contributed by atoms with E-state index in [0.29, 0.717) is 30.8 Å². The van der Waals surface area contributed by atoms with E-state index in [1.165, 1.54) is 0 Å². The minimum Gasteiger partial charge on any atom is -0.493 e. The van der Waals surface area contributed by atoms with Crippen LogP contribution in [0.1, 0.15) is 67.9 Å². The van der Waals surface area contributed by atoms with Crippen LogP contribution in [-0.2, 0) is 4.79 Å². The normalized spacial score (nSPS) is 11.0. The highest BCUT2D eigenvalue weighted by molar-refractivity contribution is 7.80. The van der Waals surface area contributed by atoms with Gasteiger partial charge in [0, 0.05) is 23.2 Å². The minimum absolute atomic E-state index is 0.0980. The third kappa shape index (κ3) is 8.78. The number of hydrogen-bond donors (Lipinski definition) is 3. The summed E-state index contributed by atoms with van der Waals surface area (Å²) >= 11 is 5.31. The fourth-order valence-corrected chi connectivity index (χ4v) is 3.50. The van der Waals surface area contributed by atoms with Crippen LogP contribution in [0, 0.1) is 19.3 Å². The van der Waals surface area contributed by atoms with Crippen LogP contribution in [-0.4, -0.2) is 30.1 Å². The first kappa shape index (κ1) is 27.3. The molecule has 0 aliphatic rings. The Bertz CT molecular complexity index is 987. The van der Waals surface area contributed by atoms with Crippen molar-refractivity contribution in [3.05, 3.63) is 59.2 Å². The van der Waals surface area contributed by atoms with Crippen molar-refractivity contribution in [1.29, 1.82) is 0 Å². The maximum atomic E-state index is 12.8. The van der Waals surface area contributed by atoms with Crippen LogP contribution in [0.5, 0.6) is 5.75 Å². The molecule has 0 aromatic heterocycles. The average molecular weight is 484 g/mol. The van der Waals surface area contributed by atoms with Gasteiger partial charge in [-0.1, -0.05) is 39.3 Å². The molecule has 2 amide bonds. The van der Waals surface area contributed by atoms with Crippen molar-refractivity contribution in [1.82, 2.24) is 10.6 Å². The zero-order valence-corrected chi connectivity index (χ0v) is 21.7. The fraction of sp³-hybridized carbons (Fsp3) is 0.444. The van der Waals surface area contributed by atoms with Gasteiger partial charge in [-0.15, -0.1) is 0 Å². The Balaban J connectivity index is 1.78. The molecule has 0 unspecified atom stereocenters. The lowest BCUT2D eigenvalue weighted by Crippen LogP contribution is -2.42. The van der Waals surface area contributed by atoms with Crippen molar-refractivity contribution in [2.45, 2.75) is 60.3 Å². The molecular formula is C27H37N3O3S. The molecule has 2 rings (SSSR count). The third-order valence-electron chi connectivity index (χ3n) is 5.61. The number of hydrogen-bond acceptors (Lipinski definition) is 4. The van der Waals surface area contributed by atoms with Crippen LogP contribution in [0.15, 0.2) is 42.5 Å². The summed E-state index contributed by atoms with van der Waals surface area (Å²) in [6.45, 7) is 11.1. The number of unbranched alkanes of at least 4 members (excludes halogenated alkanes) is 1. The van der Waals surface area contributed by atoms with Gasteiger partial charge in [-0.25, -0.2) is 0 Å². The first-order valence-electron chi connectivity index (χ1n) is 11.8. The lowest BCUT2D eigenvalue weighted by molar-refractivity contribution is -0.128. The molecule has 184 valence electrons. The fourth-order valence-electron chi connectivity index (χ4n) is 3.29. The second-order valence-corrected chi connectivity index (χ2v) is 9.61. The van der Waals surface area contributed by atoms with Crippen molar-refractivity contribution in [3.8, 4) is 5.75 Å². The van der Waals surface area contributed by atoms with Gasteiger partial charge >= 0.3 is 0 Å². The van der Waals surface area contributed by atoms with E-state index in [-0.39, 0.29) is 16.9 Å². The van der Waals surface area contributed by atoms with Crippen LogP contribution in [0.4, 0.5) is 5.69 Å². The molecule has 34 heavy (non-hydrogen) atoms. The summed E-state index contributed by atoms with van der Waals surface area (Å²) in [7, 11) is 0. The lowest BCUT2D eigenvalue weighted by atomic mass is 9.87. The monoisotopic (exact) mass is 483 g/mol. The summed E-state index contributed by atoms with van der Waals surface area (Å²) in [5.74, 6) is 0.639. The SMILES string of the molecule is CCCCNC(=O)c1ccc(NC(=S)NC(=O)C(C)(C)CCCOc2cc(C)ccc2C)cc1. The molecule has 6 nitrogen and oxygen atoms in total. The van der Waals surface area contributed by atoms with E-state index >= 15 is 0 Å². The van der Waals surface area contributed by atoms with Gasteiger partial charge in [0.2, 0.25) is 5.91 Å². The maximum Gasteiger partial charge on any atom is 0.251 e. The number of nitrogens with one attached hydrogen (secondary N) is 3. The number of ether oxygens (including phenoxy) is 1. The molecule has 0 heterocycles. The van der Waals surface area contributed by atoms with Crippen LogP contribution >= 0.6 is 12.2 Å². The molecule has 0 atom stereocenters. The van der Waals surface area contributed by atoms with Crippen molar-refractivity contribution >= 4 is 34.8 Å². The second kappa shape index (κ2) is 13.1. The predicted molar refractivity (Wildman–Crippen MR) is 142 cm³/mol. The van der Waals surface area contributed by atoms with Gasteiger partial charge in [0.05, 0.1) is 6.61 Å². The Morgan fingerprint density at radius 1 is 1.03 bits per heavy atom. The molecule has 7 heteroatoms. The molecule has 2 aromatic carbocycles. The van der Waals surface area contributed by atoms with Crippen LogP contribution in [0.3, 0.4) is 0 Å². The van der Waals surface area contributed by atoms with Crippen molar-refractivity contribution in [2.75, 3.05) is 18.5 Å². The molecular weight excluding hydrogens is 446 g/mol. The summed E-state index contributed by atoms with van der Waals surface area (Å²) in [4.78, 5) is 24.9. The molecule has 0 saturated carbocycles. The molecule has 0 saturated heterocycles. The molecule has 0 spiro atoms. The lowest BCUT2D eigenvalue weighted by Gasteiger charge is -2.24. The number of amides is 2. The quantitative estimate of drug-likeness (QED) is 0.289. The summed E-state index contributed by atoms with van der Waals surface area (Å²) < 4.78 is 5.91. The highest BCUT2D eigenvalue weighted by atomic mass is 32.1. The second-order valence-electron chi connectivity index (χ2n) is 9.20. The van der Waals surface area contributed by atoms with Gasteiger partial charge in [0.25, 0.3) is 5.91 Å². The number of benzene rings is 2. The topological polar surface area (TPSA) is 79.5 Å². The van der Waals surface area contributed by atoms with E-state index in [1.54, 1.807) is 24.3 Å². The number of carbonyl (C=O) groups excluding carboxylic acids is 2. The molecule has 3 N–H and O–H groups in total. The van der Waals surface area contributed by atoms with Crippen LogP contribution < -0.4 is 20.7 Å². The van der Waals surface area contributed by atoms with Gasteiger partial charge in [0.1, 0.15) is 5.75 Å². The Morgan fingerprint density at radius 2 is 1.74 bits per heavy atom. The van der Waals surface area contributed by atoms with Crippen LogP contribution in [0.25, 0.3) is 0 Å². The number of carbonyl (C=O) groups is 2. The summed E-state index contributed by atoms with van der Waals surface area (Å²) in [5.41, 5.74) is 2.95. The van der Waals surface area contributed by atoms with Gasteiger partial charge in [-0.2, -0.15) is 0 Å². The number of thiocarbonyl (C=S) groups is 1. The zero-order valence-electron chi connectivity index (χ0n) is 20.9. The molecule has 0 aliphatic carbocycles. The first-order chi connectivity index (χ1) is 16.1. The van der Waals surface area contributed by atoms with Gasteiger partial charge < -0.3 is 20.7 Å². The van der Waals surface area contributed by atoms with Crippen molar-refractivity contribution < 1.29 is 14.3 Å².